The van der Waals surface area contributed by atoms with Crippen molar-refractivity contribution < 1.29 is 24.2 Å². The molecule has 1 aromatic carbocycles. The van der Waals surface area contributed by atoms with Crippen LogP contribution in [0.15, 0.2) is 18.2 Å². The van der Waals surface area contributed by atoms with E-state index in [9.17, 15) is 14.4 Å². The molecule has 1 amide bonds. The van der Waals surface area contributed by atoms with Gasteiger partial charge < -0.3 is 15.2 Å². The number of para-hydroxylation sites is 1. The summed E-state index contributed by atoms with van der Waals surface area (Å²) in [6.07, 6.45) is 0.0450. The van der Waals surface area contributed by atoms with Crippen LogP contribution in [0.25, 0.3) is 0 Å². The number of hydrogen-bond acceptors (Lipinski definition) is 4. The summed E-state index contributed by atoms with van der Waals surface area (Å²) in [5, 5.41) is 11.3. The molecule has 96 valence electrons. The number of benzene rings is 1. The lowest BCUT2D eigenvalue weighted by atomic mass is 10.1. The Balaban J connectivity index is 3.16. The Labute approximate surface area is 104 Å². The average Bonchev–Trinajstić information content (AvgIpc) is 2.37. The van der Waals surface area contributed by atoms with Gasteiger partial charge in [0.2, 0.25) is 5.78 Å². The highest BCUT2D eigenvalue weighted by Gasteiger charge is 2.19. The van der Waals surface area contributed by atoms with E-state index in [4.69, 9.17) is 9.84 Å². The van der Waals surface area contributed by atoms with E-state index in [1.807, 2.05) is 0 Å². The number of carbonyl (C=O) groups is 3. The topological polar surface area (TPSA) is 92.7 Å². The standard InChI is InChI=1S/C12H13NO5/c1-3-8(14)11(15)13-10-7(12(16)17)5-4-6-9(10)18-2/h4-6H,3H2,1-2H3,(H,13,15)(H,16,17). The second-order valence-electron chi connectivity index (χ2n) is 3.42. The number of Topliss-reactive ketones (excluding diaryl/α,β-unsaturated/α-hetero) is 1. The van der Waals surface area contributed by atoms with Crippen LogP contribution in [0.4, 0.5) is 5.69 Å². The van der Waals surface area contributed by atoms with Crippen molar-refractivity contribution in [3.8, 4) is 5.75 Å². The maximum absolute atomic E-state index is 11.5. The fraction of sp³-hybridized carbons (Fsp3) is 0.250. The SMILES string of the molecule is CCC(=O)C(=O)Nc1c(OC)cccc1C(=O)O. The molecule has 0 aromatic heterocycles. The van der Waals surface area contributed by atoms with Crippen LogP contribution in [-0.2, 0) is 9.59 Å². The van der Waals surface area contributed by atoms with Crippen molar-refractivity contribution in [1.82, 2.24) is 0 Å². The largest absolute Gasteiger partial charge is 0.495 e. The monoisotopic (exact) mass is 251 g/mol. The Morgan fingerprint density at radius 2 is 2.00 bits per heavy atom. The smallest absolute Gasteiger partial charge is 0.337 e. The summed E-state index contributed by atoms with van der Waals surface area (Å²) in [6.45, 7) is 1.54. The van der Waals surface area contributed by atoms with Crippen LogP contribution in [0, 0.1) is 0 Å². The zero-order valence-electron chi connectivity index (χ0n) is 10.0. The molecule has 0 heterocycles. The van der Waals surface area contributed by atoms with Crippen LogP contribution in [-0.4, -0.2) is 29.9 Å². The molecule has 2 N–H and O–H groups in total. The first kappa shape index (κ1) is 13.7. The zero-order chi connectivity index (χ0) is 13.7. The molecular weight excluding hydrogens is 238 g/mol. The molecule has 0 atom stereocenters. The van der Waals surface area contributed by atoms with E-state index >= 15 is 0 Å². The third-order valence-electron chi connectivity index (χ3n) is 2.29. The number of hydrogen-bond donors (Lipinski definition) is 2. The van der Waals surface area contributed by atoms with Crippen molar-refractivity contribution >= 4 is 23.3 Å². The first-order valence-electron chi connectivity index (χ1n) is 5.25. The second-order valence-corrected chi connectivity index (χ2v) is 3.42. The molecule has 1 aromatic rings. The zero-order valence-corrected chi connectivity index (χ0v) is 10.0. The highest BCUT2D eigenvalue weighted by atomic mass is 16.5. The number of aromatic carboxylic acids is 1. The highest BCUT2D eigenvalue weighted by Crippen LogP contribution is 2.28. The Bertz CT molecular complexity index is 495. The second kappa shape index (κ2) is 5.81. The van der Waals surface area contributed by atoms with Crippen molar-refractivity contribution in [2.45, 2.75) is 13.3 Å². The Morgan fingerprint density at radius 3 is 2.50 bits per heavy atom. The Hall–Kier alpha value is -2.37. The molecule has 0 aliphatic rings. The van der Waals surface area contributed by atoms with E-state index < -0.39 is 17.7 Å². The highest BCUT2D eigenvalue weighted by molar-refractivity contribution is 6.41. The summed E-state index contributed by atoms with van der Waals surface area (Å²) < 4.78 is 4.96. The quantitative estimate of drug-likeness (QED) is 0.770. The van der Waals surface area contributed by atoms with E-state index in [1.165, 1.54) is 25.3 Å². The molecule has 1 rings (SSSR count). The molecule has 6 nitrogen and oxygen atoms in total. The molecule has 0 aliphatic carbocycles. The van der Waals surface area contributed by atoms with Crippen LogP contribution in [0.3, 0.4) is 0 Å². The Morgan fingerprint density at radius 1 is 1.33 bits per heavy atom. The molecule has 0 spiro atoms. The molecule has 0 unspecified atom stereocenters. The summed E-state index contributed by atoms with van der Waals surface area (Å²) in [6, 6.07) is 4.30. The van der Waals surface area contributed by atoms with Crippen molar-refractivity contribution in [2.24, 2.45) is 0 Å². The lowest BCUT2D eigenvalue weighted by molar-refractivity contribution is -0.134. The molecule has 0 saturated heterocycles. The number of ether oxygens (including phenoxy) is 1. The fourth-order valence-electron chi connectivity index (χ4n) is 1.35. The van der Waals surface area contributed by atoms with Gasteiger partial charge in [0.25, 0.3) is 5.91 Å². The van der Waals surface area contributed by atoms with Crippen molar-refractivity contribution in [1.29, 1.82) is 0 Å². The van der Waals surface area contributed by atoms with Gasteiger partial charge >= 0.3 is 5.97 Å². The van der Waals surface area contributed by atoms with Crippen molar-refractivity contribution in [3.05, 3.63) is 23.8 Å². The molecule has 0 bridgehead atoms. The van der Waals surface area contributed by atoms with Crippen molar-refractivity contribution in [3.63, 3.8) is 0 Å². The number of rotatable bonds is 5. The van der Waals surface area contributed by atoms with Gasteiger partial charge in [-0.25, -0.2) is 4.79 Å². The van der Waals surface area contributed by atoms with E-state index in [-0.39, 0.29) is 23.4 Å². The van der Waals surface area contributed by atoms with Crippen molar-refractivity contribution in [2.75, 3.05) is 12.4 Å². The number of ketones is 1. The van der Waals surface area contributed by atoms with Gasteiger partial charge in [-0.15, -0.1) is 0 Å². The van der Waals surface area contributed by atoms with E-state index in [0.717, 1.165) is 0 Å². The minimum atomic E-state index is -1.21. The minimum absolute atomic E-state index is 0.0145. The lowest BCUT2D eigenvalue weighted by Gasteiger charge is -2.11. The maximum Gasteiger partial charge on any atom is 0.337 e. The first-order valence-corrected chi connectivity index (χ1v) is 5.25. The summed E-state index contributed by atoms with van der Waals surface area (Å²) in [4.78, 5) is 33.7. The molecule has 18 heavy (non-hydrogen) atoms. The molecule has 0 saturated carbocycles. The molecule has 6 heteroatoms. The van der Waals surface area contributed by atoms with Gasteiger partial charge in [0.1, 0.15) is 5.75 Å². The lowest BCUT2D eigenvalue weighted by Crippen LogP contribution is -2.23. The van der Waals surface area contributed by atoms with Gasteiger partial charge in [0.05, 0.1) is 18.4 Å². The molecule has 0 fully saturated rings. The van der Waals surface area contributed by atoms with Gasteiger partial charge in [-0.05, 0) is 12.1 Å². The van der Waals surface area contributed by atoms with Gasteiger partial charge in [-0.3, -0.25) is 9.59 Å². The van der Waals surface area contributed by atoms with Gasteiger partial charge in [-0.1, -0.05) is 13.0 Å². The molecule has 0 radical (unpaired) electrons. The first-order chi connectivity index (χ1) is 8.51. The fourth-order valence-corrected chi connectivity index (χ4v) is 1.35. The third-order valence-corrected chi connectivity index (χ3v) is 2.29. The maximum atomic E-state index is 11.5. The summed E-state index contributed by atoms with van der Waals surface area (Å²) in [5.41, 5.74) is -0.147. The Kier molecular flexibility index (Phi) is 4.42. The van der Waals surface area contributed by atoms with Gasteiger partial charge in [-0.2, -0.15) is 0 Å². The van der Waals surface area contributed by atoms with Crippen LogP contribution in [0.2, 0.25) is 0 Å². The minimum Gasteiger partial charge on any atom is -0.495 e. The van der Waals surface area contributed by atoms with E-state index in [1.54, 1.807) is 6.92 Å². The normalized spacial score (nSPS) is 9.67. The number of methoxy groups -OCH3 is 1. The molecule has 0 aliphatic heterocycles. The predicted octanol–water partition coefficient (Wildman–Crippen LogP) is 1.31. The molecular formula is C12H13NO5. The number of nitrogens with one attached hydrogen (secondary N) is 1. The van der Waals surface area contributed by atoms with E-state index in [0.29, 0.717) is 0 Å². The number of carboxylic acid groups (broad SMARTS) is 1. The van der Waals surface area contributed by atoms with Gasteiger partial charge in [0.15, 0.2) is 0 Å². The average molecular weight is 251 g/mol. The summed E-state index contributed by atoms with van der Waals surface area (Å²) >= 11 is 0. The number of anilines is 1. The van der Waals surface area contributed by atoms with E-state index in [2.05, 4.69) is 5.32 Å². The summed E-state index contributed by atoms with van der Waals surface area (Å²) in [5.74, 6) is -2.51. The van der Waals surface area contributed by atoms with Crippen LogP contribution < -0.4 is 10.1 Å². The van der Waals surface area contributed by atoms with Crippen LogP contribution in [0.5, 0.6) is 5.75 Å². The number of amides is 1. The van der Waals surface area contributed by atoms with Gasteiger partial charge in [0, 0.05) is 6.42 Å². The van der Waals surface area contributed by atoms with Crippen LogP contribution in [0.1, 0.15) is 23.7 Å². The number of carboxylic acids is 1. The number of carbonyl (C=O) groups excluding carboxylic acids is 2. The van der Waals surface area contributed by atoms with Crippen LogP contribution >= 0.6 is 0 Å². The third kappa shape index (κ3) is 2.85. The predicted molar refractivity (Wildman–Crippen MR) is 63.9 cm³/mol. The summed E-state index contributed by atoms with van der Waals surface area (Å²) in [7, 11) is 1.35.